The molecule has 0 atom stereocenters. The van der Waals surface area contributed by atoms with Gasteiger partial charge in [-0.2, -0.15) is 13.2 Å². The highest BCUT2D eigenvalue weighted by Gasteiger charge is 2.30. The zero-order valence-corrected chi connectivity index (χ0v) is 16.3. The highest BCUT2D eigenvalue weighted by atomic mass is 19.4. The van der Waals surface area contributed by atoms with Crippen LogP contribution in [0.25, 0.3) is 0 Å². The topological polar surface area (TPSA) is 79.5 Å². The van der Waals surface area contributed by atoms with Crippen LogP contribution in [0, 0.1) is 0 Å². The number of ether oxygens (including phenoxy) is 1. The van der Waals surface area contributed by atoms with Crippen molar-refractivity contribution in [2.45, 2.75) is 6.18 Å². The van der Waals surface area contributed by atoms with Gasteiger partial charge in [-0.3, -0.25) is 4.79 Å². The zero-order valence-electron chi connectivity index (χ0n) is 16.3. The Hall–Kier alpha value is -4.01. The minimum atomic E-state index is -4.48. The van der Waals surface area contributed by atoms with Crippen LogP contribution in [0.2, 0.25) is 0 Å². The quantitative estimate of drug-likeness (QED) is 0.501. The highest BCUT2D eigenvalue weighted by Crippen LogP contribution is 2.32. The third-order valence-corrected chi connectivity index (χ3v) is 4.12. The number of urea groups is 1. The fourth-order valence-corrected chi connectivity index (χ4v) is 2.61. The molecule has 0 saturated carbocycles. The number of hydrogen-bond acceptors (Lipinski definition) is 3. The summed E-state index contributed by atoms with van der Waals surface area (Å²) in [4.78, 5) is 23.8. The first-order valence-electron chi connectivity index (χ1n) is 9.10. The van der Waals surface area contributed by atoms with Gasteiger partial charge in [-0.25, -0.2) is 4.79 Å². The summed E-state index contributed by atoms with van der Waals surface area (Å²) < 4.78 is 44.1. The first kappa shape index (κ1) is 21.7. The van der Waals surface area contributed by atoms with Gasteiger partial charge in [0.05, 0.1) is 5.56 Å². The maximum absolute atomic E-state index is 12.9. The molecular formula is C22H18F3N3O3. The van der Waals surface area contributed by atoms with Gasteiger partial charge in [0.25, 0.3) is 5.91 Å². The van der Waals surface area contributed by atoms with E-state index in [2.05, 4.69) is 16.0 Å². The van der Waals surface area contributed by atoms with Crippen molar-refractivity contribution >= 4 is 23.3 Å². The van der Waals surface area contributed by atoms with Crippen LogP contribution in [0.1, 0.15) is 15.9 Å². The van der Waals surface area contributed by atoms with Gasteiger partial charge in [0.1, 0.15) is 11.5 Å². The maximum atomic E-state index is 12.9. The van der Waals surface area contributed by atoms with Crippen molar-refractivity contribution in [3.8, 4) is 11.5 Å². The third kappa shape index (κ3) is 5.99. The molecule has 3 aromatic carbocycles. The van der Waals surface area contributed by atoms with E-state index in [1.807, 2.05) is 0 Å². The molecule has 0 bridgehead atoms. The largest absolute Gasteiger partial charge is 0.457 e. The number of anilines is 2. The summed E-state index contributed by atoms with van der Waals surface area (Å²) in [6.45, 7) is 0. The fraction of sp³-hybridized carbons (Fsp3) is 0.0909. The predicted molar refractivity (Wildman–Crippen MR) is 110 cm³/mol. The fourth-order valence-electron chi connectivity index (χ4n) is 2.61. The molecule has 0 aliphatic rings. The molecule has 0 unspecified atom stereocenters. The van der Waals surface area contributed by atoms with Crippen molar-refractivity contribution in [2.24, 2.45) is 0 Å². The van der Waals surface area contributed by atoms with E-state index in [9.17, 15) is 22.8 Å². The van der Waals surface area contributed by atoms with E-state index in [-0.39, 0.29) is 23.1 Å². The van der Waals surface area contributed by atoms with E-state index in [1.54, 1.807) is 36.4 Å². The first-order chi connectivity index (χ1) is 14.7. The van der Waals surface area contributed by atoms with Gasteiger partial charge < -0.3 is 20.7 Å². The second-order valence-electron chi connectivity index (χ2n) is 6.39. The van der Waals surface area contributed by atoms with Crippen LogP contribution in [-0.2, 0) is 6.18 Å². The van der Waals surface area contributed by atoms with Crippen molar-refractivity contribution in [1.29, 1.82) is 0 Å². The average molecular weight is 429 g/mol. The molecular weight excluding hydrogens is 411 g/mol. The molecule has 3 amide bonds. The molecule has 31 heavy (non-hydrogen) atoms. The van der Waals surface area contributed by atoms with E-state index >= 15 is 0 Å². The van der Waals surface area contributed by atoms with Gasteiger partial charge in [-0.1, -0.05) is 12.1 Å². The summed E-state index contributed by atoms with van der Waals surface area (Å²) in [5.41, 5.74) is 0.482. The summed E-state index contributed by atoms with van der Waals surface area (Å²) in [6, 6.07) is 16.7. The second-order valence-corrected chi connectivity index (χ2v) is 6.39. The number of alkyl halides is 3. The van der Waals surface area contributed by atoms with E-state index < -0.39 is 17.6 Å². The average Bonchev–Trinajstić information content (AvgIpc) is 2.75. The van der Waals surface area contributed by atoms with Gasteiger partial charge in [0.15, 0.2) is 0 Å². The normalized spacial score (nSPS) is 10.8. The molecule has 0 spiro atoms. The number of hydrogen-bond donors (Lipinski definition) is 3. The van der Waals surface area contributed by atoms with Gasteiger partial charge in [0.2, 0.25) is 0 Å². The van der Waals surface area contributed by atoms with E-state index in [1.165, 1.54) is 31.3 Å². The Labute approximate surface area is 176 Å². The van der Waals surface area contributed by atoms with Crippen LogP contribution in [-0.4, -0.2) is 19.0 Å². The summed E-state index contributed by atoms with van der Waals surface area (Å²) in [6.07, 6.45) is -4.48. The monoisotopic (exact) mass is 429 g/mol. The van der Waals surface area contributed by atoms with Crippen molar-refractivity contribution in [2.75, 3.05) is 17.7 Å². The number of carbonyl (C=O) groups excluding carboxylic acids is 2. The molecule has 6 nitrogen and oxygen atoms in total. The molecule has 0 aliphatic carbocycles. The lowest BCUT2D eigenvalue weighted by Gasteiger charge is -2.11. The Kier molecular flexibility index (Phi) is 6.44. The molecule has 0 heterocycles. The molecule has 9 heteroatoms. The summed E-state index contributed by atoms with van der Waals surface area (Å²) in [5, 5.41) is 7.73. The Balaban J connectivity index is 1.68. The Morgan fingerprint density at radius 1 is 0.806 bits per heavy atom. The first-order valence-corrected chi connectivity index (χ1v) is 9.10. The molecule has 3 aromatic rings. The predicted octanol–water partition coefficient (Wildman–Crippen LogP) is 5.50. The minimum Gasteiger partial charge on any atom is -0.457 e. The van der Waals surface area contributed by atoms with E-state index in [0.717, 1.165) is 12.1 Å². The molecule has 0 radical (unpaired) electrons. The summed E-state index contributed by atoms with van der Waals surface area (Å²) in [5.74, 6) is -0.204. The van der Waals surface area contributed by atoms with Gasteiger partial charge in [-0.05, 0) is 60.7 Å². The van der Waals surface area contributed by atoms with Crippen LogP contribution in [0.3, 0.4) is 0 Å². The maximum Gasteiger partial charge on any atom is 0.416 e. The molecule has 160 valence electrons. The standard InChI is InChI=1S/C22H18F3N3O3/c1-26-21(30)28-17-10-8-16(9-11-17)27-20(29)14-4-2-6-18(12-14)31-19-7-3-5-15(13-19)22(23,24)25/h2-13H,1H3,(H,27,29)(H2,26,28,30). The van der Waals surface area contributed by atoms with E-state index in [0.29, 0.717) is 11.4 Å². The molecule has 3 rings (SSSR count). The van der Waals surface area contributed by atoms with Crippen LogP contribution in [0.4, 0.5) is 29.3 Å². The molecule has 3 N–H and O–H groups in total. The lowest BCUT2D eigenvalue weighted by Crippen LogP contribution is -2.24. The smallest absolute Gasteiger partial charge is 0.416 e. The van der Waals surface area contributed by atoms with Crippen LogP contribution < -0.4 is 20.7 Å². The number of nitrogens with one attached hydrogen (secondary N) is 3. The van der Waals surface area contributed by atoms with E-state index in [4.69, 9.17) is 4.74 Å². The third-order valence-electron chi connectivity index (χ3n) is 4.12. The molecule has 0 fully saturated rings. The minimum absolute atomic E-state index is 0.00610. The number of halogens is 3. The molecule has 0 saturated heterocycles. The molecule has 0 aliphatic heterocycles. The van der Waals surface area contributed by atoms with Crippen LogP contribution >= 0.6 is 0 Å². The molecule has 0 aromatic heterocycles. The van der Waals surface area contributed by atoms with Crippen LogP contribution in [0.15, 0.2) is 72.8 Å². The van der Waals surface area contributed by atoms with Crippen molar-refractivity contribution in [3.05, 3.63) is 83.9 Å². The van der Waals surface area contributed by atoms with Gasteiger partial charge in [0, 0.05) is 24.0 Å². The van der Waals surface area contributed by atoms with Gasteiger partial charge >= 0.3 is 12.2 Å². The summed E-state index contributed by atoms with van der Waals surface area (Å²) >= 11 is 0. The lowest BCUT2D eigenvalue weighted by atomic mass is 10.2. The highest BCUT2D eigenvalue weighted by molar-refractivity contribution is 6.04. The number of carbonyl (C=O) groups is 2. The van der Waals surface area contributed by atoms with Crippen molar-refractivity contribution in [3.63, 3.8) is 0 Å². The van der Waals surface area contributed by atoms with Crippen LogP contribution in [0.5, 0.6) is 11.5 Å². The SMILES string of the molecule is CNC(=O)Nc1ccc(NC(=O)c2cccc(Oc3cccc(C(F)(F)F)c3)c2)cc1. The number of rotatable bonds is 5. The summed E-state index contributed by atoms with van der Waals surface area (Å²) in [7, 11) is 1.49. The number of benzene rings is 3. The Morgan fingerprint density at radius 2 is 1.39 bits per heavy atom. The zero-order chi connectivity index (χ0) is 22.4. The number of amides is 3. The Bertz CT molecular complexity index is 1080. The van der Waals surface area contributed by atoms with Crippen molar-refractivity contribution < 1.29 is 27.5 Å². The Morgan fingerprint density at radius 3 is 2.00 bits per heavy atom. The lowest BCUT2D eigenvalue weighted by molar-refractivity contribution is -0.137. The van der Waals surface area contributed by atoms with Gasteiger partial charge in [-0.15, -0.1) is 0 Å². The van der Waals surface area contributed by atoms with Crippen molar-refractivity contribution in [1.82, 2.24) is 5.32 Å². The second kappa shape index (κ2) is 9.21.